The maximum absolute atomic E-state index is 10.2. The van der Waals surface area contributed by atoms with E-state index in [0.29, 0.717) is 0 Å². The van der Waals surface area contributed by atoms with Crippen molar-refractivity contribution in [3.8, 4) is 0 Å². The first-order valence-corrected chi connectivity index (χ1v) is 7.28. The molecular weight excluding hydrogens is 244 g/mol. The van der Waals surface area contributed by atoms with Crippen molar-refractivity contribution < 1.29 is 19.7 Å². The zero-order chi connectivity index (χ0) is 15.6. The minimum absolute atomic E-state index is 0.153. The molecule has 0 aromatic heterocycles. The lowest BCUT2D eigenvalue weighted by molar-refractivity contribution is -0.172. The molecule has 4 heteroatoms. The van der Waals surface area contributed by atoms with E-state index >= 15 is 0 Å². The summed E-state index contributed by atoms with van der Waals surface area (Å²) in [6.45, 7) is 13.8. The van der Waals surface area contributed by atoms with Gasteiger partial charge in [0.05, 0.1) is 18.3 Å². The molecule has 0 saturated carbocycles. The van der Waals surface area contributed by atoms with Gasteiger partial charge < -0.3 is 19.7 Å². The smallest absolute Gasteiger partial charge is 0.109 e. The second-order valence-electron chi connectivity index (χ2n) is 5.39. The van der Waals surface area contributed by atoms with Gasteiger partial charge in [0.25, 0.3) is 0 Å². The van der Waals surface area contributed by atoms with Crippen LogP contribution in [0, 0.1) is 5.92 Å². The molecule has 0 aromatic rings. The van der Waals surface area contributed by atoms with Gasteiger partial charge in [-0.3, -0.25) is 0 Å². The van der Waals surface area contributed by atoms with Crippen LogP contribution < -0.4 is 0 Å². The number of rotatable bonds is 8. The first kappa shape index (κ1) is 21.1. The number of ether oxygens (including phenoxy) is 2. The quantitative estimate of drug-likeness (QED) is 0.716. The summed E-state index contributed by atoms with van der Waals surface area (Å²) in [6, 6.07) is 0. The van der Waals surface area contributed by atoms with Crippen LogP contribution in [0.3, 0.4) is 0 Å². The first-order valence-electron chi connectivity index (χ1n) is 7.28. The molecule has 0 radical (unpaired) electrons. The fourth-order valence-corrected chi connectivity index (χ4v) is 1.59. The monoisotopic (exact) mass is 278 g/mol. The molecule has 0 saturated heterocycles. The summed E-state index contributed by atoms with van der Waals surface area (Å²) in [5, 5.41) is 19.3. The lowest BCUT2D eigenvalue weighted by Gasteiger charge is -2.37. The number of aliphatic hydroxyl groups is 2. The molecule has 4 nitrogen and oxygen atoms in total. The minimum Gasteiger partial charge on any atom is -0.394 e. The molecule has 0 aliphatic heterocycles. The highest BCUT2D eigenvalue weighted by molar-refractivity contribution is 4.82. The van der Waals surface area contributed by atoms with Crippen molar-refractivity contribution in [1.82, 2.24) is 0 Å². The Kier molecular flexibility index (Phi) is 11.8. The zero-order valence-electron chi connectivity index (χ0n) is 13.9. The van der Waals surface area contributed by atoms with Gasteiger partial charge >= 0.3 is 0 Å². The Hall–Kier alpha value is -0.160. The maximum Gasteiger partial charge on any atom is 0.109 e. The highest BCUT2D eigenvalue weighted by Gasteiger charge is 2.34. The first-order chi connectivity index (χ1) is 8.79. The van der Waals surface area contributed by atoms with Crippen LogP contribution in [-0.4, -0.2) is 47.8 Å². The van der Waals surface area contributed by atoms with E-state index in [4.69, 9.17) is 14.6 Å². The number of hydrogen-bond donors (Lipinski definition) is 2. The van der Waals surface area contributed by atoms with Gasteiger partial charge in [-0.2, -0.15) is 0 Å². The fourth-order valence-electron chi connectivity index (χ4n) is 1.59. The van der Waals surface area contributed by atoms with Crippen LogP contribution in [0.5, 0.6) is 0 Å². The van der Waals surface area contributed by atoms with Gasteiger partial charge in [-0.25, -0.2) is 0 Å². The Morgan fingerprint density at radius 3 is 1.89 bits per heavy atom. The highest BCUT2D eigenvalue weighted by atomic mass is 16.5. The van der Waals surface area contributed by atoms with Gasteiger partial charge in [-0.05, 0) is 26.2 Å². The maximum atomic E-state index is 10.2. The molecule has 3 unspecified atom stereocenters. The normalized spacial score (nSPS) is 16.6. The van der Waals surface area contributed by atoms with E-state index < -0.39 is 12.2 Å². The Morgan fingerprint density at radius 1 is 1.16 bits per heavy atom. The molecule has 0 aliphatic rings. The lowest BCUT2D eigenvalue weighted by Crippen LogP contribution is -2.48. The van der Waals surface area contributed by atoms with Crippen LogP contribution in [0.2, 0.25) is 0 Å². The van der Waals surface area contributed by atoms with Crippen molar-refractivity contribution >= 4 is 0 Å². The molecule has 0 aliphatic carbocycles. The molecular formula is C15H34O4. The van der Waals surface area contributed by atoms with Crippen LogP contribution in [0.1, 0.15) is 54.9 Å². The third kappa shape index (κ3) is 7.88. The van der Waals surface area contributed by atoms with Gasteiger partial charge in [0.2, 0.25) is 0 Å². The third-order valence-electron chi connectivity index (χ3n) is 3.16. The summed E-state index contributed by atoms with van der Waals surface area (Å²) in [5.41, 5.74) is -0.288. The molecule has 2 N–H and O–H groups in total. The van der Waals surface area contributed by atoms with E-state index in [0.717, 1.165) is 6.42 Å². The van der Waals surface area contributed by atoms with E-state index in [1.165, 1.54) is 7.11 Å². The van der Waals surface area contributed by atoms with Crippen LogP contribution in [0.4, 0.5) is 0 Å². The predicted molar refractivity (Wildman–Crippen MR) is 79.3 cm³/mol. The Balaban J connectivity index is 0. The van der Waals surface area contributed by atoms with Gasteiger partial charge in [-0.15, -0.1) is 0 Å². The van der Waals surface area contributed by atoms with Gasteiger partial charge in [0.15, 0.2) is 0 Å². The van der Waals surface area contributed by atoms with Crippen molar-refractivity contribution in [3.05, 3.63) is 0 Å². The van der Waals surface area contributed by atoms with Crippen LogP contribution in [-0.2, 0) is 9.47 Å². The Morgan fingerprint density at radius 2 is 1.63 bits per heavy atom. The van der Waals surface area contributed by atoms with E-state index in [1.807, 2.05) is 48.5 Å². The average molecular weight is 278 g/mol. The van der Waals surface area contributed by atoms with E-state index in [-0.39, 0.29) is 24.2 Å². The molecule has 0 heterocycles. The summed E-state index contributed by atoms with van der Waals surface area (Å²) >= 11 is 0. The SMILES string of the molecule is CC.CCC(C)(C)OC(C(C)C)C(O)C(CO)OC. The van der Waals surface area contributed by atoms with Crippen molar-refractivity contribution in [3.63, 3.8) is 0 Å². The van der Waals surface area contributed by atoms with Crippen molar-refractivity contribution in [2.24, 2.45) is 5.92 Å². The summed E-state index contributed by atoms with van der Waals surface area (Å²) < 4.78 is 11.0. The summed E-state index contributed by atoms with van der Waals surface area (Å²) in [7, 11) is 1.48. The Bertz CT molecular complexity index is 200. The molecule has 0 rings (SSSR count). The van der Waals surface area contributed by atoms with Crippen LogP contribution in [0.25, 0.3) is 0 Å². The number of methoxy groups -OCH3 is 1. The van der Waals surface area contributed by atoms with Crippen LogP contribution in [0.15, 0.2) is 0 Å². The fraction of sp³-hybridized carbons (Fsp3) is 1.00. The molecule has 0 amide bonds. The molecule has 3 atom stereocenters. The lowest BCUT2D eigenvalue weighted by atomic mass is 9.96. The van der Waals surface area contributed by atoms with Gasteiger partial charge in [0.1, 0.15) is 12.2 Å². The van der Waals surface area contributed by atoms with E-state index in [1.54, 1.807) is 0 Å². The standard InChI is InChI=1S/C13H28O4.C2H6/c1-7-13(4,5)17-12(9(2)3)11(15)10(8-14)16-6;1-2/h9-12,14-15H,7-8H2,1-6H3;1-2H3. The third-order valence-corrected chi connectivity index (χ3v) is 3.16. The molecule has 19 heavy (non-hydrogen) atoms. The molecule has 0 spiro atoms. The topological polar surface area (TPSA) is 58.9 Å². The molecule has 0 bridgehead atoms. The predicted octanol–water partition coefficient (Wildman–Crippen LogP) is 2.61. The Labute approximate surface area is 119 Å². The second-order valence-corrected chi connectivity index (χ2v) is 5.39. The number of hydrogen-bond acceptors (Lipinski definition) is 4. The summed E-state index contributed by atoms with van der Waals surface area (Å²) in [6.07, 6.45) is -0.910. The average Bonchev–Trinajstić information content (AvgIpc) is 2.39. The van der Waals surface area contributed by atoms with E-state index in [2.05, 4.69) is 0 Å². The zero-order valence-corrected chi connectivity index (χ0v) is 13.9. The van der Waals surface area contributed by atoms with Crippen molar-refractivity contribution in [1.29, 1.82) is 0 Å². The molecule has 0 aromatic carbocycles. The minimum atomic E-state index is -0.823. The van der Waals surface area contributed by atoms with Gasteiger partial charge in [-0.1, -0.05) is 34.6 Å². The second kappa shape index (κ2) is 10.6. The van der Waals surface area contributed by atoms with E-state index in [9.17, 15) is 5.11 Å². The van der Waals surface area contributed by atoms with Crippen molar-refractivity contribution in [2.75, 3.05) is 13.7 Å². The summed E-state index contributed by atoms with van der Waals surface area (Å²) in [5.74, 6) is 0.153. The highest BCUT2D eigenvalue weighted by Crippen LogP contribution is 2.24. The van der Waals surface area contributed by atoms with Crippen molar-refractivity contribution in [2.45, 2.75) is 78.8 Å². The molecule has 118 valence electrons. The largest absolute Gasteiger partial charge is 0.394 e. The summed E-state index contributed by atoms with van der Waals surface area (Å²) in [4.78, 5) is 0. The van der Waals surface area contributed by atoms with Gasteiger partial charge in [0, 0.05) is 7.11 Å². The molecule has 0 fully saturated rings. The number of aliphatic hydroxyl groups excluding tert-OH is 2. The van der Waals surface area contributed by atoms with Crippen LogP contribution >= 0.6 is 0 Å².